The molecule has 1 heterocycles. The number of thioether (sulfide) groups is 1. The van der Waals surface area contributed by atoms with E-state index in [1.807, 2.05) is 0 Å². The van der Waals surface area contributed by atoms with Crippen molar-refractivity contribution in [2.45, 2.75) is 43.9 Å². The Balaban J connectivity index is 1.68. The second-order valence-electron chi connectivity index (χ2n) is 4.18. The van der Waals surface area contributed by atoms with Gasteiger partial charge in [0.15, 0.2) is 0 Å². The molecule has 1 aliphatic heterocycles. The number of nitrogens with one attached hydrogen (secondary N) is 1. The molecule has 2 heteroatoms. The quantitative estimate of drug-likeness (QED) is 0.724. The van der Waals surface area contributed by atoms with Crippen molar-refractivity contribution in [2.75, 3.05) is 12.3 Å². The van der Waals surface area contributed by atoms with Crippen LogP contribution in [0, 0.1) is 5.92 Å². The van der Waals surface area contributed by atoms with Crippen LogP contribution < -0.4 is 5.32 Å². The lowest BCUT2D eigenvalue weighted by molar-refractivity contribution is 0.453. The van der Waals surface area contributed by atoms with E-state index >= 15 is 0 Å². The summed E-state index contributed by atoms with van der Waals surface area (Å²) in [5.41, 5.74) is 0. The summed E-state index contributed by atoms with van der Waals surface area (Å²) in [4.78, 5) is 0. The first-order valence-electron chi connectivity index (χ1n) is 5.21. The molecule has 1 saturated heterocycles. The number of rotatable bonds is 3. The van der Waals surface area contributed by atoms with Gasteiger partial charge >= 0.3 is 0 Å². The van der Waals surface area contributed by atoms with E-state index in [0.29, 0.717) is 0 Å². The third-order valence-corrected chi connectivity index (χ3v) is 4.35. The summed E-state index contributed by atoms with van der Waals surface area (Å²) in [5, 5.41) is 4.56. The molecule has 12 heavy (non-hydrogen) atoms. The molecule has 2 aliphatic rings. The van der Waals surface area contributed by atoms with E-state index in [1.165, 1.54) is 38.0 Å². The lowest BCUT2D eigenvalue weighted by atomic mass is 10.1. The van der Waals surface area contributed by atoms with Crippen molar-refractivity contribution in [1.82, 2.24) is 5.32 Å². The molecule has 2 fully saturated rings. The van der Waals surface area contributed by atoms with Gasteiger partial charge in [-0.2, -0.15) is 11.8 Å². The molecule has 1 nitrogen and oxygen atoms in total. The number of hydrogen-bond donors (Lipinski definition) is 1. The van der Waals surface area contributed by atoms with Crippen molar-refractivity contribution < 1.29 is 0 Å². The summed E-state index contributed by atoms with van der Waals surface area (Å²) in [6.07, 6.45) is 5.76. The van der Waals surface area contributed by atoms with Gasteiger partial charge in [-0.25, -0.2) is 0 Å². The zero-order valence-corrected chi connectivity index (χ0v) is 8.70. The van der Waals surface area contributed by atoms with Gasteiger partial charge in [0.25, 0.3) is 0 Å². The maximum atomic E-state index is 3.71. The van der Waals surface area contributed by atoms with Gasteiger partial charge in [-0.3, -0.25) is 0 Å². The van der Waals surface area contributed by atoms with E-state index in [2.05, 4.69) is 24.0 Å². The van der Waals surface area contributed by atoms with Crippen molar-refractivity contribution in [3.63, 3.8) is 0 Å². The second-order valence-corrected chi connectivity index (χ2v) is 5.66. The van der Waals surface area contributed by atoms with Crippen molar-refractivity contribution in [2.24, 2.45) is 5.92 Å². The fraction of sp³-hybridized carbons (Fsp3) is 1.00. The Morgan fingerprint density at radius 3 is 2.83 bits per heavy atom. The fourth-order valence-corrected chi connectivity index (χ4v) is 3.00. The van der Waals surface area contributed by atoms with Crippen LogP contribution >= 0.6 is 11.8 Å². The van der Waals surface area contributed by atoms with Crippen molar-refractivity contribution in [3.05, 3.63) is 0 Å². The molecular formula is C10H19NS. The standard InChI is InChI=1S/C10H19NS/c1-8-10(3-2-6-12-8)11-7-9-4-5-9/h8-11H,2-7H2,1H3. The molecule has 0 amide bonds. The van der Waals surface area contributed by atoms with E-state index in [1.54, 1.807) is 0 Å². The van der Waals surface area contributed by atoms with Gasteiger partial charge in [-0.15, -0.1) is 0 Å². The molecule has 2 atom stereocenters. The third kappa shape index (κ3) is 2.40. The minimum atomic E-state index is 0.810. The minimum absolute atomic E-state index is 0.810. The molecule has 0 bridgehead atoms. The molecule has 0 aromatic carbocycles. The molecule has 1 N–H and O–H groups in total. The van der Waals surface area contributed by atoms with Gasteiger partial charge in [0.05, 0.1) is 0 Å². The topological polar surface area (TPSA) is 12.0 Å². The lowest BCUT2D eigenvalue weighted by Gasteiger charge is -2.29. The first-order valence-corrected chi connectivity index (χ1v) is 6.26. The zero-order chi connectivity index (χ0) is 8.39. The highest BCUT2D eigenvalue weighted by Crippen LogP contribution is 2.29. The van der Waals surface area contributed by atoms with E-state index in [0.717, 1.165) is 17.2 Å². The molecular weight excluding hydrogens is 166 g/mol. The molecule has 1 saturated carbocycles. The second kappa shape index (κ2) is 4.01. The van der Waals surface area contributed by atoms with Crippen LogP contribution in [0.3, 0.4) is 0 Å². The Labute approximate surface area is 79.7 Å². The van der Waals surface area contributed by atoms with Crippen LogP contribution in [-0.2, 0) is 0 Å². The third-order valence-electron chi connectivity index (χ3n) is 2.97. The summed E-state index contributed by atoms with van der Waals surface area (Å²) in [7, 11) is 0. The van der Waals surface area contributed by atoms with Crippen LogP contribution in [0.5, 0.6) is 0 Å². The Bertz CT molecular complexity index is 145. The average Bonchev–Trinajstić information content (AvgIpc) is 2.86. The van der Waals surface area contributed by atoms with Crippen LogP contribution in [0.25, 0.3) is 0 Å². The van der Waals surface area contributed by atoms with Crippen LogP contribution in [0.15, 0.2) is 0 Å². The van der Waals surface area contributed by atoms with E-state index in [9.17, 15) is 0 Å². The molecule has 70 valence electrons. The molecule has 0 aromatic rings. The molecule has 2 unspecified atom stereocenters. The van der Waals surface area contributed by atoms with Crippen LogP contribution in [0.1, 0.15) is 32.6 Å². The maximum Gasteiger partial charge on any atom is 0.0184 e. The van der Waals surface area contributed by atoms with Gasteiger partial charge < -0.3 is 5.32 Å². The maximum absolute atomic E-state index is 3.71. The zero-order valence-electron chi connectivity index (χ0n) is 7.88. The summed E-state index contributed by atoms with van der Waals surface area (Å²) < 4.78 is 0. The Morgan fingerprint density at radius 1 is 1.33 bits per heavy atom. The lowest BCUT2D eigenvalue weighted by Crippen LogP contribution is -2.40. The average molecular weight is 185 g/mol. The highest BCUT2D eigenvalue weighted by molar-refractivity contribution is 7.99. The smallest absolute Gasteiger partial charge is 0.0184 e. The van der Waals surface area contributed by atoms with Crippen LogP contribution in [0.2, 0.25) is 0 Å². The largest absolute Gasteiger partial charge is 0.313 e. The predicted octanol–water partition coefficient (Wildman–Crippen LogP) is 2.27. The molecule has 0 spiro atoms. The fourth-order valence-electron chi connectivity index (χ4n) is 1.83. The Hall–Kier alpha value is 0.310. The minimum Gasteiger partial charge on any atom is -0.313 e. The molecule has 2 rings (SSSR count). The number of hydrogen-bond acceptors (Lipinski definition) is 2. The summed E-state index contributed by atoms with van der Waals surface area (Å²) >= 11 is 2.14. The van der Waals surface area contributed by atoms with Crippen molar-refractivity contribution in [1.29, 1.82) is 0 Å². The van der Waals surface area contributed by atoms with Crippen molar-refractivity contribution >= 4 is 11.8 Å². The van der Waals surface area contributed by atoms with Gasteiger partial charge in [-0.05, 0) is 43.9 Å². The predicted molar refractivity (Wildman–Crippen MR) is 55.7 cm³/mol. The van der Waals surface area contributed by atoms with Crippen molar-refractivity contribution in [3.8, 4) is 0 Å². The van der Waals surface area contributed by atoms with E-state index < -0.39 is 0 Å². The molecule has 1 aliphatic carbocycles. The Morgan fingerprint density at radius 2 is 2.17 bits per heavy atom. The van der Waals surface area contributed by atoms with E-state index in [4.69, 9.17) is 0 Å². The van der Waals surface area contributed by atoms with E-state index in [-0.39, 0.29) is 0 Å². The van der Waals surface area contributed by atoms with Gasteiger partial charge in [0.1, 0.15) is 0 Å². The van der Waals surface area contributed by atoms with Gasteiger partial charge in [0.2, 0.25) is 0 Å². The van der Waals surface area contributed by atoms with Crippen LogP contribution in [0.4, 0.5) is 0 Å². The molecule has 0 aromatic heterocycles. The SMILES string of the molecule is CC1SCCCC1NCC1CC1. The first-order chi connectivity index (χ1) is 5.86. The molecule has 0 radical (unpaired) electrons. The van der Waals surface area contributed by atoms with Crippen LogP contribution in [-0.4, -0.2) is 23.6 Å². The Kier molecular flexibility index (Phi) is 2.97. The van der Waals surface area contributed by atoms with Gasteiger partial charge in [0, 0.05) is 11.3 Å². The monoisotopic (exact) mass is 185 g/mol. The highest BCUT2D eigenvalue weighted by atomic mass is 32.2. The summed E-state index contributed by atoms with van der Waals surface area (Å²) in [6.45, 7) is 3.66. The highest BCUT2D eigenvalue weighted by Gasteiger charge is 2.25. The normalized spacial score (nSPS) is 36.8. The summed E-state index contributed by atoms with van der Waals surface area (Å²) in [5.74, 6) is 2.41. The summed E-state index contributed by atoms with van der Waals surface area (Å²) in [6, 6.07) is 0.810. The van der Waals surface area contributed by atoms with Gasteiger partial charge in [-0.1, -0.05) is 6.92 Å². The first kappa shape index (κ1) is 8.89.